The Bertz CT molecular complexity index is 483. The first-order valence-corrected chi connectivity index (χ1v) is 5.26. The van der Waals surface area contributed by atoms with Crippen molar-refractivity contribution in [2.45, 2.75) is 19.4 Å². The highest BCUT2D eigenvalue weighted by atomic mass is 16.4. The highest BCUT2D eigenvalue weighted by Crippen LogP contribution is 2.06. The van der Waals surface area contributed by atoms with Gasteiger partial charge in [-0.3, -0.25) is 9.59 Å². The third-order valence-electron chi connectivity index (χ3n) is 2.23. The number of benzene rings is 1. The predicted molar refractivity (Wildman–Crippen MR) is 62.6 cm³/mol. The lowest BCUT2D eigenvalue weighted by Gasteiger charge is -2.11. The van der Waals surface area contributed by atoms with E-state index in [0.717, 1.165) is 0 Å². The summed E-state index contributed by atoms with van der Waals surface area (Å²) in [4.78, 5) is 32.9. The Morgan fingerprint density at radius 1 is 1.22 bits per heavy atom. The number of carbonyl (C=O) groups is 3. The second kappa shape index (κ2) is 5.81. The molecule has 1 atom stereocenters. The van der Waals surface area contributed by atoms with Gasteiger partial charge in [0.25, 0.3) is 5.91 Å². The maximum atomic E-state index is 11.7. The van der Waals surface area contributed by atoms with E-state index in [4.69, 9.17) is 10.2 Å². The summed E-state index contributed by atoms with van der Waals surface area (Å²) in [5.74, 6) is -2.63. The Balaban J connectivity index is 2.75. The van der Waals surface area contributed by atoms with Gasteiger partial charge < -0.3 is 15.5 Å². The molecule has 0 spiro atoms. The third-order valence-corrected chi connectivity index (χ3v) is 2.23. The lowest BCUT2D eigenvalue weighted by atomic mass is 10.1. The lowest BCUT2D eigenvalue weighted by molar-refractivity contribution is -0.137. The molecule has 0 radical (unpaired) electrons. The molecule has 1 amide bonds. The normalized spacial score (nSPS) is 11.6. The number of amides is 1. The number of rotatable bonds is 5. The summed E-state index contributed by atoms with van der Waals surface area (Å²) in [5, 5.41) is 19.8. The Hall–Kier alpha value is -2.37. The smallest absolute Gasteiger partial charge is 0.335 e. The van der Waals surface area contributed by atoms with Crippen LogP contribution in [0.3, 0.4) is 0 Å². The van der Waals surface area contributed by atoms with E-state index in [9.17, 15) is 14.4 Å². The molecule has 0 aromatic heterocycles. The van der Waals surface area contributed by atoms with Gasteiger partial charge in [-0.05, 0) is 25.1 Å². The van der Waals surface area contributed by atoms with Gasteiger partial charge in [0.15, 0.2) is 0 Å². The molecule has 3 N–H and O–H groups in total. The molecule has 96 valence electrons. The van der Waals surface area contributed by atoms with Gasteiger partial charge in [-0.1, -0.05) is 6.07 Å². The zero-order chi connectivity index (χ0) is 13.7. The summed E-state index contributed by atoms with van der Waals surface area (Å²) < 4.78 is 0. The van der Waals surface area contributed by atoms with Gasteiger partial charge in [0.2, 0.25) is 0 Å². The first-order valence-electron chi connectivity index (χ1n) is 5.26. The van der Waals surface area contributed by atoms with E-state index in [-0.39, 0.29) is 17.5 Å². The molecule has 1 aromatic rings. The van der Waals surface area contributed by atoms with Crippen LogP contribution in [-0.4, -0.2) is 34.1 Å². The molecule has 1 rings (SSSR count). The van der Waals surface area contributed by atoms with E-state index >= 15 is 0 Å². The average Bonchev–Trinajstić information content (AvgIpc) is 2.27. The largest absolute Gasteiger partial charge is 0.481 e. The molecular weight excluding hydrogens is 238 g/mol. The molecule has 6 heteroatoms. The van der Waals surface area contributed by atoms with Crippen molar-refractivity contribution in [3.8, 4) is 0 Å². The van der Waals surface area contributed by atoms with Crippen LogP contribution in [0.1, 0.15) is 34.1 Å². The van der Waals surface area contributed by atoms with Gasteiger partial charge in [-0.15, -0.1) is 0 Å². The molecule has 1 aromatic carbocycles. The van der Waals surface area contributed by atoms with E-state index in [2.05, 4.69) is 5.32 Å². The van der Waals surface area contributed by atoms with Crippen LogP contribution in [-0.2, 0) is 4.79 Å². The molecule has 0 fully saturated rings. The van der Waals surface area contributed by atoms with Crippen LogP contribution in [0.15, 0.2) is 24.3 Å². The quantitative estimate of drug-likeness (QED) is 0.723. The maximum Gasteiger partial charge on any atom is 0.335 e. The fraction of sp³-hybridized carbons (Fsp3) is 0.250. The Morgan fingerprint density at radius 2 is 1.83 bits per heavy atom. The van der Waals surface area contributed by atoms with Crippen LogP contribution < -0.4 is 5.32 Å². The summed E-state index contributed by atoms with van der Waals surface area (Å²) in [6.07, 6.45) is -0.190. The maximum absolute atomic E-state index is 11.7. The Kier molecular flexibility index (Phi) is 4.42. The van der Waals surface area contributed by atoms with Crippen molar-refractivity contribution in [2.75, 3.05) is 0 Å². The van der Waals surface area contributed by atoms with Crippen LogP contribution in [0.5, 0.6) is 0 Å². The summed E-state index contributed by atoms with van der Waals surface area (Å²) in [6.45, 7) is 1.56. The van der Waals surface area contributed by atoms with Crippen molar-refractivity contribution >= 4 is 17.8 Å². The van der Waals surface area contributed by atoms with Crippen molar-refractivity contribution in [3.63, 3.8) is 0 Å². The predicted octanol–water partition coefficient (Wildman–Crippen LogP) is 0.978. The molecule has 0 saturated heterocycles. The van der Waals surface area contributed by atoms with Crippen molar-refractivity contribution in [2.24, 2.45) is 0 Å². The third kappa shape index (κ3) is 3.89. The minimum atomic E-state index is -1.12. The summed E-state index contributed by atoms with van der Waals surface area (Å²) in [7, 11) is 0. The Morgan fingerprint density at radius 3 is 2.39 bits per heavy atom. The standard InChI is InChI=1S/C12H13NO5/c1-7(5-10(14)15)13-11(16)8-3-2-4-9(6-8)12(17)18/h2-4,6-7H,5H2,1H3,(H,13,16)(H,14,15)(H,17,18). The van der Waals surface area contributed by atoms with Crippen LogP contribution in [0, 0.1) is 0 Å². The van der Waals surface area contributed by atoms with Gasteiger partial charge in [0.05, 0.1) is 12.0 Å². The number of carboxylic acid groups (broad SMARTS) is 2. The van der Waals surface area contributed by atoms with Crippen molar-refractivity contribution < 1.29 is 24.6 Å². The summed E-state index contributed by atoms with van der Waals surface area (Å²) in [6, 6.07) is 5.02. The SMILES string of the molecule is CC(CC(=O)O)NC(=O)c1cccc(C(=O)O)c1. The number of hydrogen-bond acceptors (Lipinski definition) is 3. The van der Waals surface area contributed by atoms with Gasteiger partial charge in [0.1, 0.15) is 0 Å². The molecule has 1 unspecified atom stereocenters. The molecular formula is C12H13NO5. The van der Waals surface area contributed by atoms with E-state index < -0.39 is 23.9 Å². The molecule has 0 saturated carbocycles. The van der Waals surface area contributed by atoms with E-state index in [1.165, 1.54) is 24.3 Å². The summed E-state index contributed by atoms with van der Waals surface area (Å²) in [5.41, 5.74) is 0.195. The van der Waals surface area contributed by atoms with Gasteiger partial charge >= 0.3 is 11.9 Å². The molecule has 0 heterocycles. The van der Waals surface area contributed by atoms with Crippen molar-refractivity contribution in [1.29, 1.82) is 0 Å². The fourth-order valence-corrected chi connectivity index (χ4v) is 1.41. The average molecular weight is 251 g/mol. The minimum Gasteiger partial charge on any atom is -0.481 e. The van der Waals surface area contributed by atoms with Gasteiger partial charge in [-0.2, -0.15) is 0 Å². The van der Waals surface area contributed by atoms with E-state index in [0.29, 0.717) is 0 Å². The van der Waals surface area contributed by atoms with Crippen molar-refractivity contribution in [1.82, 2.24) is 5.32 Å². The van der Waals surface area contributed by atoms with Crippen molar-refractivity contribution in [3.05, 3.63) is 35.4 Å². The summed E-state index contributed by atoms with van der Waals surface area (Å²) >= 11 is 0. The first kappa shape index (κ1) is 13.7. The number of aromatic carboxylic acids is 1. The number of carbonyl (C=O) groups excluding carboxylic acids is 1. The Labute approximate surface area is 103 Å². The number of carboxylic acids is 2. The zero-order valence-electron chi connectivity index (χ0n) is 9.71. The molecule has 0 bridgehead atoms. The van der Waals surface area contributed by atoms with E-state index in [1.54, 1.807) is 6.92 Å². The van der Waals surface area contributed by atoms with Crippen LogP contribution in [0.25, 0.3) is 0 Å². The lowest BCUT2D eigenvalue weighted by Crippen LogP contribution is -2.34. The fourth-order valence-electron chi connectivity index (χ4n) is 1.41. The molecule has 6 nitrogen and oxygen atoms in total. The first-order chi connectivity index (χ1) is 8.40. The second-order valence-electron chi connectivity index (χ2n) is 3.86. The van der Waals surface area contributed by atoms with Gasteiger partial charge in [-0.25, -0.2) is 4.79 Å². The molecule has 0 aliphatic heterocycles. The number of aliphatic carboxylic acids is 1. The zero-order valence-corrected chi connectivity index (χ0v) is 9.71. The highest BCUT2D eigenvalue weighted by Gasteiger charge is 2.13. The van der Waals surface area contributed by atoms with E-state index in [1.807, 2.05) is 0 Å². The number of nitrogens with one attached hydrogen (secondary N) is 1. The minimum absolute atomic E-state index is 0.00791. The second-order valence-corrected chi connectivity index (χ2v) is 3.86. The monoisotopic (exact) mass is 251 g/mol. The molecule has 18 heavy (non-hydrogen) atoms. The molecule has 0 aliphatic carbocycles. The van der Waals surface area contributed by atoms with Crippen LogP contribution >= 0.6 is 0 Å². The van der Waals surface area contributed by atoms with Crippen LogP contribution in [0.2, 0.25) is 0 Å². The highest BCUT2D eigenvalue weighted by molar-refractivity contribution is 5.97. The topological polar surface area (TPSA) is 104 Å². The van der Waals surface area contributed by atoms with Gasteiger partial charge in [0, 0.05) is 11.6 Å². The van der Waals surface area contributed by atoms with Crippen LogP contribution in [0.4, 0.5) is 0 Å². The molecule has 0 aliphatic rings. The number of hydrogen-bond donors (Lipinski definition) is 3.